The van der Waals surface area contributed by atoms with Gasteiger partial charge in [0.25, 0.3) is 0 Å². The molecule has 0 saturated heterocycles. The number of allylic oxidation sites excluding steroid dienone is 2. The van der Waals surface area contributed by atoms with Gasteiger partial charge in [-0.1, -0.05) is 54.6 Å². The molecule has 0 radical (unpaired) electrons. The predicted octanol–water partition coefficient (Wildman–Crippen LogP) is -1.24. The van der Waals surface area contributed by atoms with Crippen LogP contribution in [0.3, 0.4) is 0 Å². The third kappa shape index (κ3) is 10.3. The van der Waals surface area contributed by atoms with E-state index >= 15 is 0 Å². The topological polar surface area (TPSA) is 101 Å². The summed E-state index contributed by atoms with van der Waals surface area (Å²) in [6.45, 7) is 0. The van der Waals surface area contributed by atoms with E-state index in [1.54, 1.807) is 6.08 Å². The van der Waals surface area contributed by atoms with Gasteiger partial charge >= 0.3 is 68.9 Å². The molecule has 6 heteroatoms. The van der Waals surface area contributed by atoms with Crippen LogP contribution in [-0.4, -0.2) is 39.6 Å². The van der Waals surface area contributed by atoms with Gasteiger partial charge in [-0.05, 0) is 50.0 Å². The van der Waals surface area contributed by atoms with E-state index in [1.165, 1.54) is 5.56 Å². The minimum Gasteiger partial charge on any atom is -0.550 e. The van der Waals surface area contributed by atoms with Crippen LogP contribution in [0.4, 0.5) is 0 Å². The third-order valence-electron chi connectivity index (χ3n) is 5.37. The molecule has 1 aromatic carbocycles. The maximum Gasteiger partial charge on any atom is 1.00 e. The van der Waals surface area contributed by atoms with Crippen LogP contribution in [-0.2, 0) is 11.2 Å². The smallest absolute Gasteiger partial charge is 0.550 e. The summed E-state index contributed by atoms with van der Waals surface area (Å²) in [6.07, 6.45) is 9.17. The van der Waals surface area contributed by atoms with E-state index in [-0.39, 0.29) is 87.2 Å². The van der Waals surface area contributed by atoms with Crippen LogP contribution in [0.2, 0.25) is 0 Å². The molecular formula is C23H31CsO5. The summed E-state index contributed by atoms with van der Waals surface area (Å²) < 4.78 is 0. The average molecular weight is 520 g/mol. The zero-order valence-electron chi connectivity index (χ0n) is 17.2. The molecular weight excluding hydrogens is 489 g/mol. The molecule has 0 bridgehead atoms. The molecule has 0 unspecified atom stereocenters. The monoisotopic (exact) mass is 520 g/mol. The van der Waals surface area contributed by atoms with Gasteiger partial charge in [0.05, 0.1) is 18.3 Å². The molecule has 5 nitrogen and oxygen atoms in total. The molecule has 1 aliphatic carbocycles. The number of carbonyl (C=O) groups excluding carboxylic acids is 1. The van der Waals surface area contributed by atoms with Crippen molar-refractivity contribution in [3.8, 4) is 0 Å². The fraction of sp³-hybridized carbons (Fsp3) is 0.522. The Hall–Kier alpha value is 0.102. The van der Waals surface area contributed by atoms with Crippen LogP contribution in [0.15, 0.2) is 54.6 Å². The van der Waals surface area contributed by atoms with E-state index < -0.39 is 24.3 Å². The Bertz CT molecular complexity index is 646. The summed E-state index contributed by atoms with van der Waals surface area (Å²) in [5.74, 6) is -1.35. The van der Waals surface area contributed by atoms with Crippen molar-refractivity contribution in [2.45, 2.75) is 63.3 Å². The molecule has 5 atom stereocenters. The summed E-state index contributed by atoms with van der Waals surface area (Å²) >= 11 is 0. The first-order chi connectivity index (χ1) is 13.5. The minimum atomic E-state index is -1.04. The van der Waals surface area contributed by atoms with Gasteiger partial charge in [-0.2, -0.15) is 0 Å². The molecule has 1 aromatic rings. The van der Waals surface area contributed by atoms with Gasteiger partial charge in [0, 0.05) is 18.3 Å². The van der Waals surface area contributed by atoms with E-state index in [9.17, 15) is 25.2 Å². The molecule has 0 aromatic heterocycles. The van der Waals surface area contributed by atoms with Gasteiger partial charge in [-0.25, -0.2) is 0 Å². The number of carboxylic acids is 1. The van der Waals surface area contributed by atoms with Gasteiger partial charge in [0.2, 0.25) is 0 Å². The number of rotatable bonds is 11. The maximum absolute atomic E-state index is 10.4. The number of carbonyl (C=O) groups is 1. The fourth-order valence-corrected chi connectivity index (χ4v) is 3.75. The summed E-state index contributed by atoms with van der Waals surface area (Å²) in [4.78, 5) is 10.4. The maximum atomic E-state index is 10.4. The number of benzene rings is 1. The molecule has 0 spiro atoms. The van der Waals surface area contributed by atoms with Gasteiger partial charge in [-0.15, -0.1) is 0 Å². The zero-order valence-corrected chi connectivity index (χ0v) is 23.5. The van der Waals surface area contributed by atoms with Crippen molar-refractivity contribution in [3.63, 3.8) is 0 Å². The molecule has 2 rings (SSSR count). The van der Waals surface area contributed by atoms with Crippen LogP contribution in [0.1, 0.15) is 44.1 Å². The Morgan fingerprint density at radius 3 is 2.59 bits per heavy atom. The molecule has 0 amide bonds. The molecule has 0 aliphatic heterocycles. The van der Waals surface area contributed by atoms with E-state index in [4.69, 9.17) is 0 Å². The first-order valence-corrected chi connectivity index (χ1v) is 10.1. The normalized spacial score (nSPS) is 25.3. The second kappa shape index (κ2) is 15.0. The van der Waals surface area contributed by atoms with Gasteiger partial charge in [0.15, 0.2) is 0 Å². The molecule has 29 heavy (non-hydrogen) atoms. The molecule has 1 aliphatic rings. The van der Waals surface area contributed by atoms with Crippen LogP contribution < -0.4 is 74.0 Å². The molecule has 0 heterocycles. The SMILES string of the molecule is O=C([O-])CCC/C=C\C[C@@H]1[C@@H](/C=C/[C@@H](O)CCc2ccccc2)[C@H](O)C[C@@H]1O.[Cs+]. The summed E-state index contributed by atoms with van der Waals surface area (Å²) in [5.41, 5.74) is 1.17. The van der Waals surface area contributed by atoms with Gasteiger partial charge in [-0.3, -0.25) is 0 Å². The van der Waals surface area contributed by atoms with Crippen LogP contribution in [0, 0.1) is 11.8 Å². The average Bonchev–Trinajstić information content (AvgIpc) is 2.94. The van der Waals surface area contributed by atoms with E-state index in [2.05, 4.69) is 0 Å². The number of aliphatic carboxylic acids is 1. The Morgan fingerprint density at radius 1 is 1.17 bits per heavy atom. The van der Waals surface area contributed by atoms with E-state index in [0.717, 1.165) is 6.42 Å². The van der Waals surface area contributed by atoms with E-state index in [1.807, 2.05) is 48.6 Å². The van der Waals surface area contributed by atoms with Crippen molar-refractivity contribution < 1.29 is 94.1 Å². The Morgan fingerprint density at radius 2 is 1.90 bits per heavy atom. The Labute approximate surface area is 232 Å². The summed E-state index contributed by atoms with van der Waals surface area (Å²) in [6, 6.07) is 9.98. The number of aliphatic hydroxyl groups excluding tert-OH is 3. The second-order valence-electron chi connectivity index (χ2n) is 7.56. The van der Waals surface area contributed by atoms with Gasteiger partial charge in [0.1, 0.15) is 0 Å². The molecule has 1 saturated carbocycles. The van der Waals surface area contributed by atoms with Crippen molar-refractivity contribution >= 4 is 5.97 Å². The number of unbranched alkanes of at least 4 members (excludes halogenated alkanes) is 1. The first-order valence-electron chi connectivity index (χ1n) is 10.1. The Kier molecular flexibility index (Phi) is 14.0. The number of aryl methyl sites for hydroxylation is 1. The van der Waals surface area contributed by atoms with Crippen molar-refractivity contribution in [3.05, 3.63) is 60.2 Å². The standard InChI is InChI=1S/C23H32O5.Cs/c24-18(13-12-17-8-4-3-5-9-17)14-15-20-19(21(25)16-22(20)26)10-6-1-2-7-11-23(27)28;/h1,3-6,8-9,14-15,18-22,24-26H,2,7,10-13,16H2,(H,27,28);/q;+1/p-1/b6-1-,15-14+;/t18-,19+,20+,21-,22+;/m0./s1. The third-order valence-corrected chi connectivity index (χ3v) is 5.37. The quantitative estimate of drug-likeness (QED) is 0.251. The largest absolute Gasteiger partial charge is 1.00 e. The molecule has 154 valence electrons. The number of carboxylic acid groups (broad SMARTS) is 1. The molecule has 1 fully saturated rings. The van der Waals surface area contributed by atoms with E-state index in [0.29, 0.717) is 32.1 Å². The second-order valence-corrected chi connectivity index (χ2v) is 7.56. The predicted molar refractivity (Wildman–Crippen MR) is 106 cm³/mol. The number of aliphatic hydroxyl groups is 3. The number of hydrogen-bond acceptors (Lipinski definition) is 5. The van der Waals surface area contributed by atoms with Crippen LogP contribution in [0.25, 0.3) is 0 Å². The first kappa shape index (κ1) is 27.1. The van der Waals surface area contributed by atoms with Crippen molar-refractivity contribution in [2.24, 2.45) is 11.8 Å². The van der Waals surface area contributed by atoms with Gasteiger partial charge < -0.3 is 25.2 Å². The van der Waals surface area contributed by atoms with Crippen LogP contribution >= 0.6 is 0 Å². The summed E-state index contributed by atoms with van der Waals surface area (Å²) in [7, 11) is 0. The molecule has 3 N–H and O–H groups in total. The van der Waals surface area contributed by atoms with Crippen molar-refractivity contribution in [1.82, 2.24) is 0 Å². The van der Waals surface area contributed by atoms with Crippen molar-refractivity contribution in [2.75, 3.05) is 0 Å². The zero-order chi connectivity index (χ0) is 20.4. The fourth-order valence-electron chi connectivity index (χ4n) is 3.75. The van der Waals surface area contributed by atoms with Crippen molar-refractivity contribution in [1.29, 1.82) is 0 Å². The number of hydrogen-bond donors (Lipinski definition) is 3. The van der Waals surface area contributed by atoms with Crippen LogP contribution in [0.5, 0.6) is 0 Å². The Balaban J connectivity index is 0.00000420. The minimum absolute atomic E-state index is 0. The summed E-state index contributed by atoms with van der Waals surface area (Å²) in [5, 5.41) is 41.1.